The van der Waals surface area contributed by atoms with Gasteiger partial charge < -0.3 is 40.2 Å². The van der Waals surface area contributed by atoms with E-state index in [9.17, 15) is 27.2 Å². The van der Waals surface area contributed by atoms with Crippen molar-refractivity contribution in [1.82, 2.24) is 49.3 Å². The summed E-state index contributed by atoms with van der Waals surface area (Å²) in [5.41, 5.74) is 12.7. The van der Waals surface area contributed by atoms with Crippen LogP contribution in [-0.4, -0.2) is 137 Å². The van der Waals surface area contributed by atoms with Gasteiger partial charge in [-0.1, -0.05) is 35.7 Å². The van der Waals surface area contributed by atoms with E-state index in [-0.39, 0.29) is 34.8 Å². The number of hydrogen-bond acceptors (Lipinski definition) is 14. The SMILES string of the molecule is Cn1c(SCCCN2C[C@@H]3CCN(c4c(F)cccc4F)[C@@H]3C2)nnc1-c1ccc(C(N)=O)nc1.Cn1c(SCCCN2C[C@H]3CCN(c4c(F)cccc4F)[C@H]3C2)nnc1-c1ccc(C(N)=O)nc1. The Morgan fingerprint density at radius 1 is 0.586 bits per heavy atom. The lowest BCUT2D eigenvalue weighted by Gasteiger charge is -2.27. The second-order valence-corrected chi connectivity index (χ2v) is 20.1. The van der Waals surface area contributed by atoms with E-state index in [1.165, 1.54) is 36.4 Å². The third-order valence-electron chi connectivity index (χ3n) is 13.6. The number of para-hydroxylation sites is 2. The number of nitrogens with two attached hydrogens (primary N) is 2. The zero-order chi connectivity index (χ0) is 49.1. The lowest BCUT2D eigenvalue weighted by Crippen LogP contribution is -2.36. The van der Waals surface area contributed by atoms with E-state index in [1.54, 1.807) is 60.2 Å². The summed E-state index contributed by atoms with van der Waals surface area (Å²) in [4.78, 5) is 39.2. The van der Waals surface area contributed by atoms with Gasteiger partial charge in [-0.05, 0) is 99.1 Å². The van der Waals surface area contributed by atoms with Gasteiger partial charge in [0.2, 0.25) is 0 Å². The molecule has 2 amide bonds. The molecule has 2 aromatic carbocycles. The van der Waals surface area contributed by atoms with Gasteiger partial charge in [0.1, 0.15) is 46.0 Å². The van der Waals surface area contributed by atoms with Crippen LogP contribution >= 0.6 is 23.5 Å². The fraction of sp³-hybridized carbons (Fsp3) is 0.417. The first-order chi connectivity index (χ1) is 33.8. The molecule has 0 saturated carbocycles. The summed E-state index contributed by atoms with van der Waals surface area (Å²) >= 11 is 3.27. The van der Waals surface area contributed by atoms with Gasteiger partial charge in [0, 0.05) is 100 Å². The van der Waals surface area contributed by atoms with Crippen molar-refractivity contribution in [2.75, 3.05) is 73.7 Å². The molecular formula is C48H54F4N14O2S2. The molecule has 10 rings (SSSR count). The Labute approximate surface area is 411 Å². The average Bonchev–Trinajstić information content (AvgIpc) is 4.21. The summed E-state index contributed by atoms with van der Waals surface area (Å²) in [7, 11) is 3.80. The molecule has 0 bridgehead atoms. The van der Waals surface area contributed by atoms with Gasteiger partial charge in [0.05, 0.1) is 0 Å². The Morgan fingerprint density at radius 2 is 0.986 bits per heavy atom. The van der Waals surface area contributed by atoms with Crippen molar-refractivity contribution in [2.24, 2.45) is 37.4 Å². The van der Waals surface area contributed by atoms with Gasteiger partial charge in [0.25, 0.3) is 11.8 Å². The molecule has 4 aliphatic heterocycles. The molecule has 4 aromatic heterocycles. The third kappa shape index (κ3) is 10.5. The van der Waals surface area contributed by atoms with Crippen molar-refractivity contribution in [3.05, 3.63) is 108 Å². The molecule has 0 unspecified atom stereocenters. The van der Waals surface area contributed by atoms with E-state index >= 15 is 0 Å². The zero-order valence-electron chi connectivity index (χ0n) is 38.8. The van der Waals surface area contributed by atoms with Crippen LogP contribution in [0, 0.1) is 35.1 Å². The molecule has 70 heavy (non-hydrogen) atoms. The third-order valence-corrected chi connectivity index (χ3v) is 15.8. The molecule has 6 aromatic rings. The minimum absolute atomic E-state index is 0.120. The summed E-state index contributed by atoms with van der Waals surface area (Å²) < 4.78 is 61.1. The van der Waals surface area contributed by atoms with Crippen LogP contribution in [0.5, 0.6) is 0 Å². The number of nitrogens with zero attached hydrogens (tertiary/aromatic N) is 12. The van der Waals surface area contributed by atoms with Crippen molar-refractivity contribution >= 4 is 46.7 Å². The first kappa shape index (κ1) is 48.9. The lowest BCUT2D eigenvalue weighted by molar-refractivity contribution is 0.0987. The molecule has 368 valence electrons. The van der Waals surface area contributed by atoms with Gasteiger partial charge in [-0.2, -0.15) is 0 Å². The molecule has 4 saturated heterocycles. The fourth-order valence-electron chi connectivity index (χ4n) is 10.2. The number of benzene rings is 2. The van der Waals surface area contributed by atoms with Crippen molar-refractivity contribution in [3.63, 3.8) is 0 Å². The molecule has 22 heteroatoms. The Kier molecular flexibility index (Phi) is 15.0. The number of thioether (sulfide) groups is 2. The second-order valence-electron chi connectivity index (χ2n) is 18.0. The first-order valence-electron chi connectivity index (χ1n) is 23.3. The molecule has 4 aliphatic rings. The lowest BCUT2D eigenvalue weighted by atomic mass is 10.0. The molecule has 0 spiro atoms. The topological polar surface area (TPSA) is 186 Å². The minimum Gasteiger partial charge on any atom is -0.364 e. The maximum Gasteiger partial charge on any atom is 0.267 e. The monoisotopic (exact) mass is 998 g/mol. The number of aromatic nitrogens is 8. The van der Waals surface area contributed by atoms with Gasteiger partial charge >= 0.3 is 0 Å². The quantitative estimate of drug-likeness (QED) is 0.0664. The van der Waals surface area contributed by atoms with Crippen LogP contribution in [0.15, 0.2) is 83.4 Å². The van der Waals surface area contributed by atoms with Crippen LogP contribution in [-0.2, 0) is 14.1 Å². The molecule has 4 atom stereocenters. The second kappa shape index (κ2) is 21.5. The molecule has 4 N–H and O–H groups in total. The predicted octanol–water partition coefficient (Wildman–Crippen LogP) is 5.89. The van der Waals surface area contributed by atoms with Crippen molar-refractivity contribution in [2.45, 2.75) is 48.1 Å². The first-order valence-corrected chi connectivity index (χ1v) is 25.2. The Morgan fingerprint density at radius 3 is 1.34 bits per heavy atom. The van der Waals surface area contributed by atoms with Crippen molar-refractivity contribution < 1.29 is 27.2 Å². The zero-order valence-corrected chi connectivity index (χ0v) is 40.4. The normalized spacial score (nSPS) is 19.9. The Bertz CT molecular complexity index is 2590. The van der Waals surface area contributed by atoms with E-state index in [2.05, 4.69) is 40.2 Å². The van der Waals surface area contributed by atoms with Gasteiger partial charge in [-0.15, -0.1) is 20.4 Å². The summed E-state index contributed by atoms with van der Waals surface area (Å²) in [6.45, 7) is 6.83. The number of primary amides is 2. The summed E-state index contributed by atoms with van der Waals surface area (Å²) in [6, 6.07) is 15.1. The number of likely N-dealkylation sites (tertiary alicyclic amines) is 2. The number of halogens is 4. The number of pyridine rings is 2. The van der Waals surface area contributed by atoms with Gasteiger partial charge in [-0.3, -0.25) is 19.6 Å². The highest BCUT2D eigenvalue weighted by atomic mass is 32.2. The number of anilines is 2. The van der Waals surface area contributed by atoms with Crippen molar-refractivity contribution in [3.8, 4) is 22.8 Å². The summed E-state index contributed by atoms with van der Waals surface area (Å²) in [6.07, 6.45) is 6.99. The smallest absolute Gasteiger partial charge is 0.267 e. The number of carbonyl (C=O) groups excluding carboxylic acids is 2. The molecular weight excluding hydrogens is 945 g/mol. The largest absolute Gasteiger partial charge is 0.364 e. The molecule has 8 heterocycles. The van der Waals surface area contributed by atoms with E-state index in [4.69, 9.17) is 11.5 Å². The van der Waals surface area contributed by atoms with E-state index in [0.717, 1.165) is 97.9 Å². The average molecular weight is 999 g/mol. The van der Waals surface area contributed by atoms with E-state index in [1.807, 2.05) is 33.0 Å². The summed E-state index contributed by atoms with van der Waals surface area (Å²) in [5, 5.41) is 18.7. The van der Waals surface area contributed by atoms with Crippen LogP contribution in [0.2, 0.25) is 0 Å². The highest BCUT2D eigenvalue weighted by Crippen LogP contribution is 2.39. The van der Waals surface area contributed by atoms with E-state index < -0.39 is 35.1 Å². The van der Waals surface area contributed by atoms with Crippen LogP contribution in [0.4, 0.5) is 28.9 Å². The number of carbonyl (C=O) groups is 2. The van der Waals surface area contributed by atoms with Crippen molar-refractivity contribution in [1.29, 1.82) is 0 Å². The molecule has 4 fully saturated rings. The maximum atomic E-state index is 14.3. The van der Waals surface area contributed by atoms with Crippen LogP contribution in [0.1, 0.15) is 46.7 Å². The highest BCUT2D eigenvalue weighted by Gasteiger charge is 2.44. The molecule has 0 radical (unpaired) electrons. The van der Waals surface area contributed by atoms with Gasteiger partial charge in [-0.25, -0.2) is 17.6 Å². The molecule has 0 aliphatic carbocycles. The Hall–Kier alpha value is -6.10. The summed E-state index contributed by atoms with van der Waals surface area (Å²) in [5.74, 6) is 0.907. The molecule has 16 nitrogen and oxygen atoms in total. The number of rotatable bonds is 16. The predicted molar refractivity (Wildman–Crippen MR) is 260 cm³/mol. The van der Waals surface area contributed by atoms with Crippen LogP contribution in [0.25, 0.3) is 22.8 Å². The number of amides is 2. The highest BCUT2D eigenvalue weighted by molar-refractivity contribution is 7.99. The maximum absolute atomic E-state index is 14.3. The fourth-order valence-corrected chi connectivity index (χ4v) is 11.8. The van der Waals surface area contributed by atoms with Gasteiger partial charge in [0.15, 0.2) is 22.0 Å². The van der Waals surface area contributed by atoms with Crippen LogP contribution < -0.4 is 21.3 Å². The number of hydrogen-bond donors (Lipinski definition) is 2. The standard InChI is InChI=1S/2C24H27F2N7OS/c2*1-31-23(15-6-7-19(22(27)34)28-12-15)29-30-24(31)35-11-3-9-32-13-16-8-10-33(20(16)14-32)21-17(25)4-2-5-18(21)26/h2*2,4-7,12,16,20H,3,8-11,13-14H2,1H3,(H2,27,34)/t2*16-,20+/m10/s1. The Balaban J connectivity index is 0.000000174. The van der Waals surface area contributed by atoms with E-state index in [0.29, 0.717) is 36.6 Å². The minimum atomic E-state index is -0.570. The number of fused-ring (bicyclic) bond motifs is 2. The van der Waals surface area contributed by atoms with Crippen LogP contribution in [0.3, 0.4) is 0 Å².